The number of nitrogens with one attached hydrogen (secondary N) is 3. The molecular formula is C43H53F2N7O11P2. The van der Waals surface area contributed by atoms with Crippen LogP contribution in [0.1, 0.15) is 60.3 Å². The molecule has 1 fully saturated rings. The SMILES string of the molecule is CC(C)OC(=O)[C@H](C)NP(=O)(OC[C@H]1O[C@@H](n2cnc3c(NCc4ccccc4)ncnc32)C(F)(F)C1(C)COP(=O)(N[C@@H](C)C(=O)OC(C)C)Oc1ccccc1)Oc1ccccc1. The maximum atomic E-state index is 17.6. The van der Waals surface area contributed by atoms with Crippen LogP contribution in [0.4, 0.5) is 14.6 Å². The number of rotatable bonds is 22. The highest BCUT2D eigenvalue weighted by Crippen LogP contribution is 2.59. The summed E-state index contributed by atoms with van der Waals surface area (Å²) in [7, 11) is -9.39. The van der Waals surface area contributed by atoms with E-state index in [1.165, 1.54) is 44.4 Å². The normalized spacial score (nSPS) is 21.0. The average Bonchev–Trinajstić information content (AvgIpc) is 3.77. The summed E-state index contributed by atoms with van der Waals surface area (Å²) in [6, 6.07) is 22.5. The van der Waals surface area contributed by atoms with Gasteiger partial charge in [-0.2, -0.15) is 10.2 Å². The monoisotopic (exact) mass is 943 g/mol. The third-order valence-electron chi connectivity index (χ3n) is 9.97. The van der Waals surface area contributed by atoms with Crippen molar-refractivity contribution in [3.63, 3.8) is 0 Å². The van der Waals surface area contributed by atoms with Crippen molar-refractivity contribution in [2.45, 2.75) is 97.6 Å². The third-order valence-corrected chi connectivity index (χ3v) is 13.2. The number of fused-ring (bicyclic) bond motifs is 1. The van der Waals surface area contributed by atoms with Crippen molar-refractivity contribution >= 4 is 44.4 Å². The van der Waals surface area contributed by atoms with E-state index in [1.807, 2.05) is 30.3 Å². The number of aromatic nitrogens is 4. The molecular weight excluding hydrogens is 890 g/mol. The van der Waals surface area contributed by atoms with Gasteiger partial charge in [-0.25, -0.2) is 32.9 Å². The van der Waals surface area contributed by atoms with Crippen LogP contribution in [0.5, 0.6) is 11.5 Å². The zero-order valence-corrected chi connectivity index (χ0v) is 38.6. The maximum absolute atomic E-state index is 17.6. The molecule has 0 spiro atoms. The van der Waals surface area contributed by atoms with E-state index in [2.05, 4.69) is 30.4 Å². The first-order chi connectivity index (χ1) is 30.8. The lowest BCUT2D eigenvalue weighted by atomic mass is 9.80. The molecule has 0 amide bonds. The summed E-state index contributed by atoms with van der Waals surface area (Å²) in [6.45, 7) is 8.71. The van der Waals surface area contributed by atoms with E-state index >= 15 is 8.78 Å². The maximum Gasteiger partial charge on any atom is 0.459 e. The lowest BCUT2D eigenvalue weighted by Gasteiger charge is -2.36. The smallest absolute Gasteiger partial charge is 0.459 e. The fraction of sp³-hybridized carbons (Fsp3) is 0.419. The molecule has 3 N–H and O–H groups in total. The van der Waals surface area contributed by atoms with Crippen LogP contribution in [-0.4, -0.2) is 81.0 Å². The van der Waals surface area contributed by atoms with Gasteiger partial charge in [0.2, 0.25) is 6.23 Å². The van der Waals surface area contributed by atoms with Crippen LogP contribution in [-0.2, 0) is 48.5 Å². The molecule has 0 radical (unpaired) electrons. The van der Waals surface area contributed by atoms with Gasteiger partial charge in [0.25, 0.3) is 0 Å². The fourth-order valence-electron chi connectivity index (χ4n) is 6.53. The summed E-state index contributed by atoms with van der Waals surface area (Å²) in [5.74, 6) is -5.22. The lowest BCUT2D eigenvalue weighted by molar-refractivity contribution is -0.151. The summed E-state index contributed by atoms with van der Waals surface area (Å²) in [4.78, 5) is 38.7. The number of hydrogen-bond acceptors (Lipinski definition) is 15. The Bertz CT molecular complexity index is 2470. The highest BCUT2D eigenvalue weighted by atomic mass is 31.2. The van der Waals surface area contributed by atoms with Gasteiger partial charge >= 0.3 is 33.4 Å². The molecule has 350 valence electrons. The van der Waals surface area contributed by atoms with Crippen LogP contribution in [0.15, 0.2) is 104 Å². The Morgan fingerprint density at radius 2 is 1.26 bits per heavy atom. The van der Waals surface area contributed by atoms with Crippen LogP contribution >= 0.6 is 15.5 Å². The van der Waals surface area contributed by atoms with Gasteiger partial charge in [-0.15, -0.1) is 0 Å². The number of imidazole rings is 1. The third kappa shape index (κ3) is 12.1. The van der Waals surface area contributed by atoms with E-state index in [-0.39, 0.29) is 28.5 Å². The van der Waals surface area contributed by atoms with Gasteiger partial charge in [0.1, 0.15) is 29.9 Å². The van der Waals surface area contributed by atoms with Crippen LogP contribution in [0, 0.1) is 5.41 Å². The van der Waals surface area contributed by atoms with Crippen molar-refractivity contribution in [3.05, 3.63) is 109 Å². The molecule has 2 aromatic heterocycles. The number of alkyl halides is 2. The zero-order chi connectivity index (χ0) is 47.0. The fourth-order valence-corrected chi connectivity index (χ4v) is 9.62. The number of carbonyl (C=O) groups excluding carboxylic acids is 2. The molecule has 0 bridgehead atoms. The average molecular weight is 944 g/mol. The molecule has 22 heteroatoms. The Labute approximate surface area is 375 Å². The lowest BCUT2D eigenvalue weighted by Crippen LogP contribution is -2.49. The van der Waals surface area contributed by atoms with Crippen molar-refractivity contribution in [3.8, 4) is 11.5 Å². The summed E-state index contributed by atoms with van der Waals surface area (Å²) in [5, 5.41) is 8.23. The number of nitrogens with zero attached hydrogens (tertiary/aromatic N) is 4. The Hall–Kier alpha value is -5.33. The number of hydrogen-bond donors (Lipinski definition) is 3. The van der Waals surface area contributed by atoms with Gasteiger partial charge in [0.15, 0.2) is 17.0 Å². The van der Waals surface area contributed by atoms with Crippen molar-refractivity contribution in [2.75, 3.05) is 18.5 Å². The molecule has 3 unspecified atom stereocenters. The number of anilines is 1. The van der Waals surface area contributed by atoms with E-state index in [9.17, 15) is 18.7 Å². The van der Waals surface area contributed by atoms with E-state index in [4.69, 9.17) is 32.3 Å². The van der Waals surface area contributed by atoms with Crippen molar-refractivity contribution < 1.29 is 59.8 Å². The van der Waals surface area contributed by atoms with Gasteiger partial charge in [0.05, 0.1) is 43.3 Å². The van der Waals surface area contributed by atoms with Gasteiger partial charge in [0, 0.05) is 6.54 Å². The number of carbonyl (C=O) groups is 2. The first-order valence-corrected chi connectivity index (χ1v) is 23.8. The number of para-hydroxylation sites is 2. The molecule has 18 nitrogen and oxygen atoms in total. The van der Waals surface area contributed by atoms with Crippen molar-refractivity contribution in [2.24, 2.45) is 5.41 Å². The van der Waals surface area contributed by atoms with Crippen molar-refractivity contribution in [1.29, 1.82) is 0 Å². The summed E-state index contributed by atoms with van der Waals surface area (Å²) < 4.78 is 106. The Kier molecular flexibility index (Phi) is 15.8. The van der Waals surface area contributed by atoms with E-state index < -0.39 is 88.6 Å². The van der Waals surface area contributed by atoms with Crippen LogP contribution in [0.3, 0.4) is 0 Å². The molecule has 6 rings (SSSR count). The Morgan fingerprint density at radius 1 is 0.754 bits per heavy atom. The molecule has 1 aliphatic heterocycles. The highest BCUT2D eigenvalue weighted by Gasteiger charge is 2.69. The zero-order valence-electron chi connectivity index (χ0n) is 36.8. The number of benzene rings is 3. The molecule has 1 aliphatic rings. The summed E-state index contributed by atoms with van der Waals surface area (Å²) in [5.41, 5.74) is -1.47. The topological polar surface area (TPSA) is 213 Å². The predicted octanol–water partition coefficient (Wildman–Crippen LogP) is 8.24. The van der Waals surface area contributed by atoms with E-state index in [1.54, 1.807) is 64.1 Å². The second-order valence-electron chi connectivity index (χ2n) is 15.9. The first-order valence-electron chi connectivity index (χ1n) is 20.7. The highest BCUT2D eigenvalue weighted by molar-refractivity contribution is 7.52. The number of halogens is 2. The largest absolute Gasteiger partial charge is 0.462 e. The minimum atomic E-state index is -4.74. The quantitative estimate of drug-likeness (QED) is 0.0440. The molecule has 5 aromatic rings. The van der Waals surface area contributed by atoms with E-state index in [0.29, 0.717) is 6.54 Å². The van der Waals surface area contributed by atoms with Crippen LogP contribution in [0.2, 0.25) is 0 Å². The van der Waals surface area contributed by atoms with Gasteiger partial charge in [-0.3, -0.25) is 23.2 Å². The number of esters is 2. The second kappa shape index (κ2) is 20.9. The summed E-state index contributed by atoms with van der Waals surface area (Å²) in [6.07, 6.45) is -2.68. The molecule has 65 heavy (non-hydrogen) atoms. The van der Waals surface area contributed by atoms with Gasteiger partial charge < -0.3 is 28.6 Å². The molecule has 1 saturated heterocycles. The minimum Gasteiger partial charge on any atom is -0.462 e. The first kappa shape index (κ1) is 49.1. The van der Waals surface area contributed by atoms with Crippen LogP contribution < -0.4 is 24.5 Å². The Morgan fingerprint density at radius 3 is 1.78 bits per heavy atom. The van der Waals surface area contributed by atoms with Crippen LogP contribution in [0.25, 0.3) is 11.2 Å². The molecule has 3 aromatic carbocycles. The molecule has 0 saturated carbocycles. The Balaban J connectivity index is 1.36. The summed E-state index contributed by atoms with van der Waals surface area (Å²) >= 11 is 0. The van der Waals surface area contributed by atoms with E-state index in [0.717, 1.165) is 23.4 Å². The number of ether oxygens (including phenoxy) is 3. The minimum absolute atomic E-state index is 0.0282. The molecule has 0 aliphatic carbocycles. The van der Waals surface area contributed by atoms with Gasteiger partial charge in [-0.1, -0.05) is 66.7 Å². The second-order valence-corrected chi connectivity index (χ2v) is 19.3. The van der Waals surface area contributed by atoms with Crippen molar-refractivity contribution in [1.82, 2.24) is 29.7 Å². The standard InChI is InChI=1S/C43H53F2N7O11P2/c1-28(2)59-39(53)30(5)50-64(55,62-33-19-13-9-14-20-33)57-24-35-42(7,25-58-65(56,63-34-21-15-10-16-22-34)51-31(6)40(54)60-29(3)4)43(44,45)41(61-35)52-27-49-36-37(47-26-48-38(36)52)46-23-32-17-11-8-12-18-32/h8-22,26-31,35,41H,23-25H2,1-7H3,(H,50,55)(H,51,56)(H,46,47,48)/t30-,31-,35+,41+,42?,64?,65?/m0/s1. The predicted molar refractivity (Wildman–Crippen MR) is 235 cm³/mol. The molecule has 3 heterocycles. The molecule has 7 atom stereocenters. The van der Waals surface area contributed by atoms with Gasteiger partial charge in [-0.05, 0) is 78.3 Å².